The number of benzene rings is 1. The van der Waals surface area contributed by atoms with Gasteiger partial charge in [-0.3, -0.25) is 0 Å². The maximum absolute atomic E-state index is 5.47. The SMILES string of the molecule is CC1Oc2ccc(CCCN)cc2O1. The second-order valence-electron chi connectivity index (χ2n) is 3.48. The second kappa shape index (κ2) is 3.88. The first kappa shape index (κ1) is 9.34. The van der Waals surface area contributed by atoms with Gasteiger partial charge in [-0.25, -0.2) is 0 Å². The number of nitrogens with two attached hydrogens (primary N) is 1. The van der Waals surface area contributed by atoms with E-state index in [1.807, 2.05) is 19.1 Å². The van der Waals surface area contributed by atoms with Gasteiger partial charge >= 0.3 is 0 Å². The first-order valence-corrected chi connectivity index (χ1v) is 4.96. The van der Waals surface area contributed by atoms with Crippen molar-refractivity contribution in [1.29, 1.82) is 0 Å². The normalized spacial score (nSPS) is 18.6. The lowest BCUT2D eigenvalue weighted by atomic mass is 10.1. The van der Waals surface area contributed by atoms with Crippen LogP contribution in [-0.2, 0) is 6.42 Å². The van der Waals surface area contributed by atoms with Gasteiger partial charge in [0, 0.05) is 6.92 Å². The predicted octanol–water partition coefficient (Wildman–Crippen LogP) is 1.70. The Kier molecular flexibility index (Phi) is 2.59. The molecule has 0 aromatic heterocycles. The van der Waals surface area contributed by atoms with Crippen LogP contribution in [0.25, 0.3) is 0 Å². The summed E-state index contributed by atoms with van der Waals surface area (Å²) >= 11 is 0. The largest absolute Gasteiger partial charge is 0.451 e. The van der Waals surface area contributed by atoms with E-state index < -0.39 is 0 Å². The summed E-state index contributed by atoms with van der Waals surface area (Å²) in [7, 11) is 0. The van der Waals surface area contributed by atoms with Crippen molar-refractivity contribution >= 4 is 0 Å². The zero-order valence-corrected chi connectivity index (χ0v) is 8.32. The Morgan fingerprint density at radius 3 is 2.86 bits per heavy atom. The van der Waals surface area contributed by atoms with E-state index >= 15 is 0 Å². The van der Waals surface area contributed by atoms with Crippen LogP contribution in [0.3, 0.4) is 0 Å². The van der Waals surface area contributed by atoms with Gasteiger partial charge in [-0.15, -0.1) is 0 Å². The molecule has 3 nitrogen and oxygen atoms in total. The molecule has 76 valence electrons. The van der Waals surface area contributed by atoms with Crippen LogP contribution in [0, 0.1) is 0 Å². The highest BCUT2D eigenvalue weighted by Crippen LogP contribution is 2.35. The Labute approximate surface area is 83.8 Å². The molecule has 3 heteroatoms. The van der Waals surface area contributed by atoms with E-state index in [9.17, 15) is 0 Å². The molecular weight excluding hydrogens is 178 g/mol. The van der Waals surface area contributed by atoms with E-state index in [-0.39, 0.29) is 6.29 Å². The molecule has 0 saturated carbocycles. The first-order chi connectivity index (χ1) is 6.79. The molecule has 0 radical (unpaired) electrons. The lowest BCUT2D eigenvalue weighted by Gasteiger charge is -2.01. The number of ether oxygens (including phenoxy) is 2. The highest BCUT2D eigenvalue weighted by atomic mass is 16.7. The molecule has 1 atom stereocenters. The minimum atomic E-state index is -0.158. The smallest absolute Gasteiger partial charge is 0.238 e. The fourth-order valence-electron chi connectivity index (χ4n) is 1.59. The van der Waals surface area contributed by atoms with Crippen LogP contribution in [-0.4, -0.2) is 12.8 Å². The van der Waals surface area contributed by atoms with Crippen LogP contribution in [0.1, 0.15) is 18.9 Å². The number of aryl methyl sites for hydroxylation is 1. The number of hydrogen-bond acceptors (Lipinski definition) is 3. The lowest BCUT2D eigenvalue weighted by molar-refractivity contribution is 0.0678. The molecule has 1 aromatic rings. The Morgan fingerprint density at radius 2 is 2.07 bits per heavy atom. The van der Waals surface area contributed by atoms with Crippen LogP contribution >= 0.6 is 0 Å². The van der Waals surface area contributed by atoms with E-state index in [0.717, 1.165) is 30.9 Å². The maximum Gasteiger partial charge on any atom is 0.238 e. The van der Waals surface area contributed by atoms with E-state index in [2.05, 4.69) is 6.07 Å². The molecule has 1 aromatic carbocycles. The molecule has 0 amide bonds. The maximum atomic E-state index is 5.47. The van der Waals surface area contributed by atoms with Crippen molar-refractivity contribution in [1.82, 2.24) is 0 Å². The summed E-state index contributed by atoms with van der Waals surface area (Å²) in [5, 5.41) is 0. The number of fused-ring (bicyclic) bond motifs is 1. The van der Waals surface area contributed by atoms with Crippen molar-refractivity contribution < 1.29 is 9.47 Å². The third kappa shape index (κ3) is 1.82. The summed E-state index contributed by atoms with van der Waals surface area (Å²) in [6, 6.07) is 6.06. The van der Waals surface area contributed by atoms with Crippen molar-refractivity contribution in [2.75, 3.05) is 6.54 Å². The summed E-state index contributed by atoms with van der Waals surface area (Å²) in [4.78, 5) is 0. The molecule has 1 aliphatic rings. The molecule has 0 saturated heterocycles. The fraction of sp³-hybridized carbons (Fsp3) is 0.455. The summed E-state index contributed by atoms with van der Waals surface area (Å²) in [5.41, 5.74) is 6.71. The lowest BCUT2D eigenvalue weighted by Crippen LogP contribution is -2.11. The fourth-order valence-corrected chi connectivity index (χ4v) is 1.59. The number of rotatable bonds is 3. The Bertz CT molecular complexity index is 325. The second-order valence-corrected chi connectivity index (χ2v) is 3.48. The topological polar surface area (TPSA) is 44.5 Å². The van der Waals surface area contributed by atoms with Crippen LogP contribution in [0.2, 0.25) is 0 Å². The molecule has 2 N–H and O–H groups in total. The molecule has 1 aliphatic heterocycles. The van der Waals surface area contributed by atoms with Crippen LogP contribution < -0.4 is 15.2 Å². The van der Waals surface area contributed by atoms with Gasteiger partial charge in [-0.2, -0.15) is 0 Å². The molecule has 0 fully saturated rings. The van der Waals surface area contributed by atoms with E-state index in [0.29, 0.717) is 0 Å². The average molecular weight is 193 g/mol. The molecule has 1 heterocycles. The van der Waals surface area contributed by atoms with Gasteiger partial charge in [0.2, 0.25) is 6.29 Å². The van der Waals surface area contributed by atoms with Crippen molar-refractivity contribution in [3.05, 3.63) is 23.8 Å². The Hall–Kier alpha value is -1.22. The summed E-state index contributed by atoms with van der Waals surface area (Å²) < 4.78 is 10.9. The van der Waals surface area contributed by atoms with Crippen molar-refractivity contribution in [3.63, 3.8) is 0 Å². The minimum Gasteiger partial charge on any atom is -0.451 e. The first-order valence-electron chi connectivity index (χ1n) is 4.96. The van der Waals surface area contributed by atoms with Crippen LogP contribution in [0.5, 0.6) is 11.5 Å². The average Bonchev–Trinajstić information content (AvgIpc) is 2.54. The van der Waals surface area contributed by atoms with Crippen LogP contribution in [0.4, 0.5) is 0 Å². The van der Waals surface area contributed by atoms with Gasteiger partial charge in [-0.05, 0) is 37.1 Å². The third-order valence-corrected chi connectivity index (χ3v) is 2.26. The van der Waals surface area contributed by atoms with Crippen molar-refractivity contribution in [2.45, 2.75) is 26.1 Å². The van der Waals surface area contributed by atoms with E-state index in [1.165, 1.54) is 5.56 Å². The van der Waals surface area contributed by atoms with Crippen molar-refractivity contribution in [3.8, 4) is 11.5 Å². The Balaban J connectivity index is 2.12. The summed E-state index contributed by atoms with van der Waals surface area (Å²) in [6.45, 7) is 2.62. The monoisotopic (exact) mass is 193 g/mol. The number of hydrogen-bond donors (Lipinski definition) is 1. The third-order valence-electron chi connectivity index (χ3n) is 2.26. The standard InChI is InChI=1S/C11H15NO2/c1-8-13-10-5-4-9(3-2-6-12)7-11(10)14-8/h4-5,7-8H,2-3,6,12H2,1H3. The van der Waals surface area contributed by atoms with Gasteiger partial charge in [0.05, 0.1) is 0 Å². The molecular formula is C11H15NO2. The van der Waals surface area contributed by atoms with Gasteiger partial charge in [0.25, 0.3) is 0 Å². The summed E-state index contributed by atoms with van der Waals surface area (Å²) in [5.74, 6) is 1.70. The highest BCUT2D eigenvalue weighted by Gasteiger charge is 2.19. The van der Waals surface area contributed by atoms with E-state index in [1.54, 1.807) is 0 Å². The molecule has 1 unspecified atom stereocenters. The predicted molar refractivity (Wildman–Crippen MR) is 54.5 cm³/mol. The molecule has 0 bridgehead atoms. The van der Waals surface area contributed by atoms with Crippen molar-refractivity contribution in [2.24, 2.45) is 5.73 Å². The van der Waals surface area contributed by atoms with Gasteiger partial charge < -0.3 is 15.2 Å². The minimum absolute atomic E-state index is 0.158. The zero-order chi connectivity index (χ0) is 9.97. The highest BCUT2D eigenvalue weighted by molar-refractivity contribution is 5.44. The Morgan fingerprint density at radius 1 is 1.29 bits per heavy atom. The van der Waals surface area contributed by atoms with Gasteiger partial charge in [0.1, 0.15) is 0 Å². The van der Waals surface area contributed by atoms with Gasteiger partial charge in [-0.1, -0.05) is 6.07 Å². The molecule has 2 rings (SSSR count). The summed E-state index contributed by atoms with van der Waals surface area (Å²) in [6.07, 6.45) is 1.85. The molecule has 0 aliphatic carbocycles. The van der Waals surface area contributed by atoms with Gasteiger partial charge in [0.15, 0.2) is 11.5 Å². The zero-order valence-electron chi connectivity index (χ0n) is 8.32. The van der Waals surface area contributed by atoms with E-state index in [4.69, 9.17) is 15.2 Å². The molecule has 14 heavy (non-hydrogen) atoms. The van der Waals surface area contributed by atoms with Crippen LogP contribution in [0.15, 0.2) is 18.2 Å². The quantitative estimate of drug-likeness (QED) is 0.794. The molecule has 0 spiro atoms.